The minimum Gasteiger partial charge on any atom is -0.376 e. The molecule has 2 rings (SSSR count). The molecule has 0 bridgehead atoms. The lowest BCUT2D eigenvalue weighted by atomic mass is 10.1. The molecule has 0 unspecified atom stereocenters. The molecular weight excluding hydrogens is 308 g/mol. The van der Waals surface area contributed by atoms with Gasteiger partial charge in [-0.3, -0.25) is 15.6 Å². The summed E-state index contributed by atoms with van der Waals surface area (Å²) in [7, 11) is 0. The third-order valence-electron chi connectivity index (χ3n) is 3.18. The van der Waals surface area contributed by atoms with Gasteiger partial charge in [-0.05, 0) is 55.4 Å². The molecule has 0 aliphatic rings. The van der Waals surface area contributed by atoms with E-state index >= 15 is 0 Å². The summed E-state index contributed by atoms with van der Waals surface area (Å²) in [5.41, 5.74) is 9.27. The molecule has 0 heterocycles. The number of thiocarbonyl (C=S) groups is 1. The Kier molecular flexibility index (Phi) is 5.94. The first-order chi connectivity index (χ1) is 11.0. The van der Waals surface area contributed by atoms with Crippen LogP contribution < -0.4 is 21.5 Å². The van der Waals surface area contributed by atoms with Crippen LogP contribution in [0.15, 0.2) is 48.5 Å². The predicted octanol–water partition coefficient (Wildman–Crippen LogP) is 2.73. The Labute approximate surface area is 141 Å². The van der Waals surface area contributed by atoms with Crippen LogP contribution in [0.2, 0.25) is 0 Å². The summed E-state index contributed by atoms with van der Waals surface area (Å²) in [5.74, 6) is -0.205. The van der Waals surface area contributed by atoms with E-state index in [0.717, 1.165) is 22.5 Å². The Morgan fingerprint density at radius 2 is 1.78 bits per heavy atom. The number of aryl methyl sites for hydroxylation is 2. The highest BCUT2D eigenvalue weighted by Gasteiger charge is 2.04. The van der Waals surface area contributed by atoms with Crippen LogP contribution in [0.3, 0.4) is 0 Å². The zero-order valence-electron chi connectivity index (χ0n) is 13.1. The number of hydrazine groups is 1. The van der Waals surface area contributed by atoms with E-state index in [0.29, 0.717) is 5.11 Å². The number of benzene rings is 2. The van der Waals surface area contributed by atoms with Crippen LogP contribution in [0.25, 0.3) is 0 Å². The minimum atomic E-state index is -0.205. The summed E-state index contributed by atoms with van der Waals surface area (Å²) in [6.45, 7) is 4.17. The van der Waals surface area contributed by atoms with E-state index in [1.54, 1.807) is 0 Å². The molecule has 0 saturated carbocycles. The molecule has 0 aromatic heterocycles. The first kappa shape index (κ1) is 16.8. The number of carbonyl (C=O) groups is 1. The number of anilines is 2. The Morgan fingerprint density at radius 1 is 1.04 bits per heavy atom. The largest absolute Gasteiger partial charge is 0.376 e. The van der Waals surface area contributed by atoms with Crippen LogP contribution in [-0.4, -0.2) is 17.6 Å². The number of hydrogen-bond donors (Lipinski definition) is 4. The van der Waals surface area contributed by atoms with Crippen molar-refractivity contribution in [2.45, 2.75) is 13.8 Å². The van der Waals surface area contributed by atoms with Crippen LogP contribution in [-0.2, 0) is 4.79 Å². The summed E-state index contributed by atoms with van der Waals surface area (Å²) in [6, 6.07) is 15.6. The van der Waals surface area contributed by atoms with Crippen molar-refractivity contribution in [2.24, 2.45) is 0 Å². The molecule has 120 valence electrons. The molecule has 0 aliphatic heterocycles. The normalized spacial score (nSPS) is 9.83. The van der Waals surface area contributed by atoms with Gasteiger partial charge in [0.2, 0.25) is 0 Å². The Bertz CT molecular complexity index is 688. The molecule has 23 heavy (non-hydrogen) atoms. The van der Waals surface area contributed by atoms with Crippen LogP contribution in [0, 0.1) is 13.8 Å². The molecular formula is C17H20N4OS. The molecule has 1 amide bonds. The highest BCUT2D eigenvalue weighted by atomic mass is 32.1. The lowest BCUT2D eigenvalue weighted by Crippen LogP contribution is -2.45. The molecule has 0 radical (unpaired) electrons. The molecule has 4 N–H and O–H groups in total. The minimum absolute atomic E-state index is 0.158. The summed E-state index contributed by atoms with van der Waals surface area (Å²) in [6.07, 6.45) is 0. The second-order valence-electron chi connectivity index (χ2n) is 5.17. The van der Waals surface area contributed by atoms with Gasteiger partial charge in [0.05, 0.1) is 6.54 Å². The van der Waals surface area contributed by atoms with Crippen LogP contribution in [0.5, 0.6) is 0 Å². The standard InChI is InChI=1S/C17H20N4OS/c1-12-8-9-13(2)15(10-12)18-11-16(22)20-21-17(23)19-14-6-4-3-5-7-14/h3-10,18H,11H2,1-2H3,(H,20,22)(H2,19,21,23). The first-order valence-corrected chi connectivity index (χ1v) is 7.67. The van der Waals surface area contributed by atoms with Gasteiger partial charge in [0.1, 0.15) is 0 Å². The average molecular weight is 328 g/mol. The molecule has 0 fully saturated rings. The van der Waals surface area contributed by atoms with Crippen molar-refractivity contribution >= 4 is 34.6 Å². The molecule has 5 nitrogen and oxygen atoms in total. The number of para-hydroxylation sites is 1. The molecule has 2 aromatic rings. The predicted molar refractivity (Wildman–Crippen MR) is 98.3 cm³/mol. The quantitative estimate of drug-likeness (QED) is 0.513. The average Bonchev–Trinajstić information content (AvgIpc) is 2.54. The van der Waals surface area contributed by atoms with E-state index in [9.17, 15) is 4.79 Å². The second kappa shape index (κ2) is 8.14. The third-order valence-corrected chi connectivity index (χ3v) is 3.38. The Morgan fingerprint density at radius 3 is 2.52 bits per heavy atom. The summed E-state index contributed by atoms with van der Waals surface area (Å²) < 4.78 is 0. The number of carbonyl (C=O) groups excluding carboxylic acids is 1. The zero-order chi connectivity index (χ0) is 16.7. The van der Waals surface area contributed by atoms with Gasteiger partial charge >= 0.3 is 0 Å². The van der Waals surface area contributed by atoms with Gasteiger partial charge in [-0.1, -0.05) is 30.3 Å². The monoisotopic (exact) mass is 328 g/mol. The van der Waals surface area contributed by atoms with E-state index in [1.165, 1.54) is 0 Å². The lowest BCUT2D eigenvalue weighted by molar-refractivity contribution is -0.119. The Balaban J connectivity index is 1.74. The van der Waals surface area contributed by atoms with Crippen LogP contribution >= 0.6 is 12.2 Å². The Hall–Kier alpha value is -2.60. The van der Waals surface area contributed by atoms with Crippen molar-refractivity contribution in [1.82, 2.24) is 10.9 Å². The van der Waals surface area contributed by atoms with E-state index in [-0.39, 0.29) is 12.5 Å². The summed E-state index contributed by atoms with van der Waals surface area (Å²) >= 11 is 5.11. The molecule has 0 saturated heterocycles. The van der Waals surface area contributed by atoms with Gasteiger partial charge in [0.25, 0.3) is 5.91 Å². The van der Waals surface area contributed by atoms with Crippen molar-refractivity contribution < 1.29 is 4.79 Å². The molecule has 0 atom stereocenters. The number of hydrogen-bond acceptors (Lipinski definition) is 3. The second-order valence-corrected chi connectivity index (χ2v) is 5.57. The fourth-order valence-electron chi connectivity index (χ4n) is 1.96. The summed E-state index contributed by atoms with van der Waals surface area (Å²) in [4.78, 5) is 11.8. The fourth-order valence-corrected chi connectivity index (χ4v) is 2.13. The van der Waals surface area contributed by atoms with Crippen LogP contribution in [0.4, 0.5) is 11.4 Å². The maximum Gasteiger partial charge on any atom is 0.257 e. The van der Waals surface area contributed by atoms with Gasteiger partial charge in [0.15, 0.2) is 5.11 Å². The number of amides is 1. The highest BCUT2D eigenvalue weighted by molar-refractivity contribution is 7.80. The zero-order valence-corrected chi connectivity index (χ0v) is 14.0. The number of rotatable bonds is 4. The number of nitrogens with one attached hydrogen (secondary N) is 4. The van der Waals surface area contributed by atoms with Gasteiger partial charge in [0, 0.05) is 11.4 Å². The SMILES string of the molecule is Cc1ccc(C)c(NCC(=O)NNC(=S)Nc2ccccc2)c1. The van der Waals surface area contributed by atoms with Gasteiger partial charge in [-0.2, -0.15) is 0 Å². The van der Waals surface area contributed by atoms with Crippen molar-refractivity contribution in [3.8, 4) is 0 Å². The summed E-state index contributed by atoms with van der Waals surface area (Å²) in [5, 5.41) is 6.41. The molecule has 0 spiro atoms. The third kappa shape index (κ3) is 5.60. The van der Waals surface area contributed by atoms with Gasteiger partial charge in [-0.25, -0.2) is 0 Å². The van der Waals surface area contributed by atoms with Crippen LogP contribution in [0.1, 0.15) is 11.1 Å². The van der Waals surface area contributed by atoms with E-state index in [4.69, 9.17) is 12.2 Å². The highest BCUT2D eigenvalue weighted by Crippen LogP contribution is 2.15. The molecule has 6 heteroatoms. The maximum atomic E-state index is 11.8. The topological polar surface area (TPSA) is 65.2 Å². The maximum absolute atomic E-state index is 11.8. The first-order valence-electron chi connectivity index (χ1n) is 7.26. The van der Waals surface area contributed by atoms with E-state index < -0.39 is 0 Å². The molecule has 0 aliphatic carbocycles. The fraction of sp³-hybridized carbons (Fsp3) is 0.176. The van der Waals surface area contributed by atoms with Gasteiger partial charge < -0.3 is 10.6 Å². The van der Waals surface area contributed by atoms with Crippen molar-refractivity contribution in [3.63, 3.8) is 0 Å². The van der Waals surface area contributed by atoms with Crippen molar-refractivity contribution in [2.75, 3.05) is 17.2 Å². The molecule has 2 aromatic carbocycles. The van der Waals surface area contributed by atoms with E-state index in [1.807, 2.05) is 62.4 Å². The van der Waals surface area contributed by atoms with Gasteiger partial charge in [-0.15, -0.1) is 0 Å². The van der Waals surface area contributed by atoms with E-state index in [2.05, 4.69) is 21.5 Å². The van der Waals surface area contributed by atoms with Crippen molar-refractivity contribution in [3.05, 3.63) is 59.7 Å². The smallest absolute Gasteiger partial charge is 0.257 e. The lowest BCUT2D eigenvalue weighted by Gasteiger charge is -2.13. The van der Waals surface area contributed by atoms with Crippen molar-refractivity contribution in [1.29, 1.82) is 0 Å².